The molecule has 2 aromatic carbocycles. The number of nitrogens with one attached hydrogen (secondary N) is 2. The predicted molar refractivity (Wildman–Crippen MR) is 123 cm³/mol. The Morgan fingerprint density at radius 1 is 1.18 bits per heavy atom. The second-order valence-electron chi connectivity index (χ2n) is 8.49. The van der Waals surface area contributed by atoms with Crippen LogP contribution < -0.4 is 15.5 Å². The van der Waals surface area contributed by atoms with Crippen LogP contribution in [0, 0.1) is 0 Å². The van der Waals surface area contributed by atoms with E-state index >= 15 is 0 Å². The minimum atomic E-state index is -0.900. The lowest BCUT2D eigenvalue weighted by atomic mass is 9.79. The van der Waals surface area contributed by atoms with Crippen LogP contribution >= 0.6 is 0 Å². The summed E-state index contributed by atoms with van der Waals surface area (Å²) in [6.07, 6.45) is 3.30. The number of Topliss-reactive ketones (excluding diaryl/α,β-unsaturated/α-hetero) is 1. The standard InChI is InChI=1S/C25H25N3O6/c1-16(29)28-12-11-25(14-20(28)24(32)26-18-5-3-2-4-6-18)15-21(30)19-13-17(7-9-22(19)34-25)8-10-23(31)27-33/h2-10,13,20,33H,11-12,14-15H2,1H3,(H,26,32)(H,27,31)/b10-8+. The molecule has 3 N–H and O–H groups in total. The number of ketones is 1. The average molecular weight is 463 g/mol. The molecule has 1 saturated heterocycles. The highest BCUT2D eigenvalue weighted by molar-refractivity contribution is 6.02. The molecule has 2 aliphatic rings. The Morgan fingerprint density at radius 3 is 2.65 bits per heavy atom. The maximum absolute atomic E-state index is 13.1. The summed E-state index contributed by atoms with van der Waals surface area (Å²) in [4.78, 5) is 51.2. The van der Waals surface area contributed by atoms with Crippen molar-refractivity contribution in [2.24, 2.45) is 0 Å². The van der Waals surface area contributed by atoms with Gasteiger partial charge in [0.25, 0.3) is 5.91 Å². The largest absolute Gasteiger partial charge is 0.486 e. The fourth-order valence-corrected chi connectivity index (χ4v) is 4.48. The molecule has 9 heteroatoms. The average Bonchev–Trinajstić information content (AvgIpc) is 2.83. The number of hydrogen-bond acceptors (Lipinski definition) is 6. The van der Waals surface area contributed by atoms with E-state index in [0.29, 0.717) is 35.5 Å². The van der Waals surface area contributed by atoms with Crippen molar-refractivity contribution in [3.63, 3.8) is 0 Å². The number of anilines is 1. The van der Waals surface area contributed by atoms with Gasteiger partial charge in [0.2, 0.25) is 11.8 Å². The highest BCUT2D eigenvalue weighted by Gasteiger charge is 2.49. The summed E-state index contributed by atoms with van der Waals surface area (Å²) in [5, 5.41) is 11.5. The predicted octanol–water partition coefficient (Wildman–Crippen LogP) is 2.56. The van der Waals surface area contributed by atoms with E-state index in [4.69, 9.17) is 9.94 Å². The summed E-state index contributed by atoms with van der Waals surface area (Å²) in [5.41, 5.74) is 2.21. The molecule has 0 saturated carbocycles. The van der Waals surface area contributed by atoms with Crippen molar-refractivity contribution in [2.75, 3.05) is 11.9 Å². The summed E-state index contributed by atoms with van der Waals surface area (Å²) >= 11 is 0. The molecule has 2 aliphatic heterocycles. The molecule has 0 radical (unpaired) electrons. The maximum Gasteiger partial charge on any atom is 0.267 e. The van der Waals surface area contributed by atoms with Crippen LogP contribution in [-0.4, -0.2) is 51.8 Å². The van der Waals surface area contributed by atoms with Gasteiger partial charge in [-0.3, -0.25) is 24.4 Å². The molecule has 0 bridgehead atoms. The van der Waals surface area contributed by atoms with E-state index in [-0.39, 0.29) is 30.4 Å². The molecular formula is C25H25N3O6. The highest BCUT2D eigenvalue weighted by atomic mass is 16.5. The molecule has 0 aromatic heterocycles. The Hall–Kier alpha value is -3.98. The molecule has 2 heterocycles. The van der Waals surface area contributed by atoms with Crippen molar-refractivity contribution >= 4 is 35.3 Å². The van der Waals surface area contributed by atoms with Crippen LogP contribution in [0.1, 0.15) is 42.1 Å². The van der Waals surface area contributed by atoms with Crippen LogP contribution in [0.3, 0.4) is 0 Å². The van der Waals surface area contributed by atoms with Crippen LogP contribution in [0.15, 0.2) is 54.6 Å². The first-order valence-corrected chi connectivity index (χ1v) is 10.9. The van der Waals surface area contributed by atoms with Crippen molar-refractivity contribution in [3.8, 4) is 5.75 Å². The van der Waals surface area contributed by atoms with Crippen LogP contribution in [0.5, 0.6) is 5.75 Å². The Balaban J connectivity index is 1.57. The molecule has 9 nitrogen and oxygen atoms in total. The summed E-state index contributed by atoms with van der Waals surface area (Å²) in [5.74, 6) is -0.963. The van der Waals surface area contributed by atoms with Gasteiger partial charge in [-0.05, 0) is 35.9 Å². The second-order valence-corrected chi connectivity index (χ2v) is 8.49. The van der Waals surface area contributed by atoms with Gasteiger partial charge in [0.15, 0.2) is 5.78 Å². The number of ether oxygens (including phenoxy) is 1. The molecule has 4 rings (SSSR count). The SMILES string of the molecule is CC(=O)N1CCC2(CC(=O)c3cc(/C=C/C(=O)NO)ccc3O2)CC1C(=O)Nc1ccccc1. The Kier molecular flexibility index (Phi) is 6.47. The number of benzene rings is 2. The molecular weight excluding hydrogens is 438 g/mol. The molecule has 1 spiro atoms. The minimum absolute atomic E-state index is 0.0746. The lowest BCUT2D eigenvalue weighted by molar-refractivity contribution is -0.144. The zero-order valence-corrected chi connectivity index (χ0v) is 18.6. The van der Waals surface area contributed by atoms with E-state index in [0.717, 1.165) is 6.08 Å². The molecule has 2 unspecified atom stereocenters. The van der Waals surface area contributed by atoms with E-state index in [1.807, 2.05) is 6.07 Å². The number of rotatable bonds is 4. The first-order valence-electron chi connectivity index (χ1n) is 10.9. The van der Waals surface area contributed by atoms with Gasteiger partial charge in [-0.1, -0.05) is 24.3 Å². The molecule has 1 fully saturated rings. The van der Waals surface area contributed by atoms with Crippen molar-refractivity contribution in [2.45, 2.75) is 37.8 Å². The van der Waals surface area contributed by atoms with E-state index in [2.05, 4.69) is 5.32 Å². The molecule has 3 amide bonds. The van der Waals surface area contributed by atoms with E-state index in [9.17, 15) is 19.2 Å². The quantitative estimate of drug-likeness (QED) is 0.364. The number of para-hydroxylation sites is 1. The van der Waals surface area contributed by atoms with Crippen molar-refractivity contribution in [1.29, 1.82) is 0 Å². The minimum Gasteiger partial charge on any atom is -0.486 e. The van der Waals surface area contributed by atoms with Crippen molar-refractivity contribution in [1.82, 2.24) is 10.4 Å². The Labute approximate surface area is 196 Å². The van der Waals surface area contributed by atoms with Gasteiger partial charge in [-0.2, -0.15) is 0 Å². The Bertz CT molecular complexity index is 1160. The molecule has 0 aliphatic carbocycles. The number of carbonyl (C=O) groups is 4. The van der Waals surface area contributed by atoms with Gasteiger partial charge >= 0.3 is 0 Å². The zero-order chi connectivity index (χ0) is 24.3. The number of hydroxylamine groups is 1. The van der Waals surface area contributed by atoms with Gasteiger partial charge < -0.3 is 15.0 Å². The topological polar surface area (TPSA) is 125 Å². The summed E-state index contributed by atoms with van der Waals surface area (Å²) in [6, 6.07) is 13.2. The highest BCUT2D eigenvalue weighted by Crippen LogP contribution is 2.41. The smallest absolute Gasteiger partial charge is 0.267 e. The summed E-state index contributed by atoms with van der Waals surface area (Å²) < 4.78 is 6.31. The molecule has 176 valence electrons. The van der Waals surface area contributed by atoms with E-state index in [1.54, 1.807) is 42.5 Å². The van der Waals surface area contributed by atoms with E-state index in [1.165, 1.54) is 23.4 Å². The third-order valence-electron chi connectivity index (χ3n) is 6.15. The Morgan fingerprint density at radius 2 is 1.94 bits per heavy atom. The lowest BCUT2D eigenvalue weighted by Gasteiger charge is -2.47. The van der Waals surface area contributed by atoms with Crippen molar-refractivity contribution < 1.29 is 29.1 Å². The van der Waals surface area contributed by atoms with E-state index < -0.39 is 17.6 Å². The number of carbonyl (C=O) groups excluding carboxylic acids is 4. The number of amides is 3. The first kappa shape index (κ1) is 23.2. The van der Waals surface area contributed by atoms with Gasteiger partial charge in [0, 0.05) is 38.1 Å². The van der Waals surface area contributed by atoms with Crippen LogP contribution in [-0.2, 0) is 14.4 Å². The number of hydrogen-bond donors (Lipinski definition) is 3. The number of fused-ring (bicyclic) bond motifs is 1. The van der Waals surface area contributed by atoms with Crippen LogP contribution in [0.4, 0.5) is 5.69 Å². The van der Waals surface area contributed by atoms with Gasteiger partial charge in [-0.15, -0.1) is 0 Å². The van der Waals surface area contributed by atoms with Crippen molar-refractivity contribution in [3.05, 3.63) is 65.7 Å². The van der Waals surface area contributed by atoms with Gasteiger partial charge in [-0.25, -0.2) is 5.48 Å². The molecule has 34 heavy (non-hydrogen) atoms. The third-order valence-corrected chi connectivity index (χ3v) is 6.15. The summed E-state index contributed by atoms with van der Waals surface area (Å²) in [7, 11) is 0. The third kappa shape index (κ3) is 4.84. The summed E-state index contributed by atoms with van der Waals surface area (Å²) in [6.45, 7) is 1.72. The number of nitrogens with zero attached hydrogens (tertiary/aromatic N) is 1. The van der Waals surface area contributed by atoms with Crippen LogP contribution in [0.25, 0.3) is 6.08 Å². The van der Waals surface area contributed by atoms with Gasteiger partial charge in [0.05, 0.1) is 12.0 Å². The normalized spacial score (nSPS) is 21.6. The molecule has 2 atom stereocenters. The fourth-order valence-electron chi connectivity index (χ4n) is 4.48. The monoisotopic (exact) mass is 463 g/mol. The number of likely N-dealkylation sites (tertiary alicyclic amines) is 1. The van der Waals surface area contributed by atoms with Gasteiger partial charge in [0.1, 0.15) is 17.4 Å². The number of piperidine rings is 1. The lowest BCUT2D eigenvalue weighted by Crippen LogP contribution is -2.59. The maximum atomic E-state index is 13.1. The second kappa shape index (κ2) is 9.48. The fraction of sp³-hybridized carbons (Fsp3) is 0.280. The first-order chi connectivity index (χ1) is 16.3. The zero-order valence-electron chi connectivity index (χ0n) is 18.6. The van der Waals surface area contributed by atoms with Crippen LogP contribution in [0.2, 0.25) is 0 Å². The molecule has 2 aromatic rings.